The molecule has 0 saturated carbocycles. The predicted octanol–water partition coefficient (Wildman–Crippen LogP) is 5.11. The molecule has 0 heterocycles. The van der Waals surface area contributed by atoms with Crippen molar-refractivity contribution in [2.45, 2.75) is 34.6 Å². The zero-order valence-electron chi connectivity index (χ0n) is 12.6. The van der Waals surface area contributed by atoms with E-state index in [1.54, 1.807) is 0 Å². The molecular formula is C18H19ClO. The van der Waals surface area contributed by atoms with Gasteiger partial charge in [0.1, 0.15) is 0 Å². The van der Waals surface area contributed by atoms with Crippen LogP contribution in [0, 0.1) is 34.6 Å². The van der Waals surface area contributed by atoms with E-state index < -0.39 is 0 Å². The molecule has 104 valence electrons. The van der Waals surface area contributed by atoms with Gasteiger partial charge in [0.2, 0.25) is 0 Å². The summed E-state index contributed by atoms with van der Waals surface area (Å²) in [7, 11) is 0. The fourth-order valence-electron chi connectivity index (χ4n) is 2.55. The smallest absolute Gasteiger partial charge is 0.193 e. The molecule has 0 aliphatic carbocycles. The highest BCUT2D eigenvalue weighted by Gasteiger charge is 2.19. The minimum Gasteiger partial charge on any atom is -0.289 e. The van der Waals surface area contributed by atoms with Gasteiger partial charge in [-0.05, 0) is 68.5 Å². The second-order valence-corrected chi connectivity index (χ2v) is 5.78. The maximum Gasteiger partial charge on any atom is 0.193 e. The van der Waals surface area contributed by atoms with Crippen LogP contribution in [-0.4, -0.2) is 5.78 Å². The summed E-state index contributed by atoms with van der Waals surface area (Å²) in [6.07, 6.45) is 0. The van der Waals surface area contributed by atoms with Crippen molar-refractivity contribution in [1.29, 1.82) is 0 Å². The first-order chi connectivity index (χ1) is 9.34. The monoisotopic (exact) mass is 286 g/mol. The van der Waals surface area contributed by atoms with Crippen LogP contribution in [0.1, 0.15) is 43.7 Å². The second-order valence-electron chi connectivity index (χ2n) is 5.38. The van der Waals surface area contributed by atoms with Gasteiger partial charge >= 0.3 is 0 Å². The van der Waals surface area contributed by atoms with E-state index in [4.69, 9.17) is 11.6 Å². The summed E-state index contributed by atoms with van der Waals surface area (Å²) in [6.45, 7) is 10.00. The van der Waals surface area contributed by atoms with Crippen LogP contribution < -0.4 is 0 Å². The molecule has 0 aliphatic heterocycles. The van der Waals surface area contributed by atoms with Crippen LogP contribution in [0.2, 0.25) is 5.02 Å². The van der Waals surface area contributed by atoms with E-state index in [0.29, 0.717) is 10.6 Å². The van der Waals surface area contributed by atoms with Gasteiger partial charge in [-0.25, -0.2) is 0 Å². The lowest BCUT2D eigenvalue weighted by Gasteiger charge is -2.15. The predicted molar refractivity (Wildman–Crippen MR) is 85.0 cm³/mol. The summed E-state index contributed by atoms with van der Waals surface area (Å²) in [6, 6.07) is 7.62. The van der Waals surface area contributed by atoms with E-state index in [2.05, 4.69) is 6.07 Å². The molecule has 0 N–H and O–H groups in total. The number of benzene rings is 2. The third-order valence-corrected chi connectivity index (χ3v) is 4.51. The minimum absolute atomic E-state index is 0.0619. The van der Waals surface area contributed by atoms with Crippen molar-refractivity contribution in [1.82, 2.24) is 0 Å². The van der Waals surface area contributed by atoms with Gasteiger partial charge in [0.25, 0.3) is 0 Å². The van der Waals surface area contributed by atoms with E-state index >= 15 is 0 Å². The molecule has 0 fully saturated rings. The normalized spacial score (nSPS) is 10.7. The number of aryl methyl sites for hydroxylation is 2. The highest BCUT2D eigenvalue weighted by molar-refractivity contribution is 6.32. The molecule has 0 amide bonds. The molecule has 2 aromatic rings. The average molecular weight is 287 g/mol. The van der Waals surface area contributed by atoms with Crippen molar-refractivity contribution in [3.05, 3.63) is 68.2 Å². The molecule has 0 saturated heterocycles. The summed E-state index contributed by atoms with van der Waals surface area (Å²) in [5, 5.41) is 0.635. The molecule has 2 aromatic carbocycles. The Balaban J connectivity index is 2.69. The molecule has 1 nitrogen and oxygen atoms in total. The number of hydrogen-bond donors (Lipinski definition) is 0. The highest BCUT2D eigenvalue weighted by atomic mass is 35.5. The zero-order chi connectivity index (χ0) is 15.0. The molecular weight excluding hydrogens is 268 g/mol. The number of carbonyl (C=O) groups excluding carboxylic acids is 1. The molecule has 0 spiro atoms. The van der Waals surface area contributed by atoms with Crippen molar-refractivity contribution in [3.63, 3.8) is 0 Å². The molecule has 2 rings (SSSR count). The van der Waals surface area contributed by atoms with Crippen molar-refractivity contribution < 1.29 is 4.79 Å². The Morgan fingerprint density at radius 3 is 2.00 bits per heavy atom. The van der Waals surface area contributed by atoms with Gasteiger partial charge in [-0.15, -0.1) is 0 Å². The number of hydrogen-bond acceptors (Lipinski definition) is 1. The van der Waals surface area contributed by atoms with Crippen LogP contribution in [0.5, 0.6) is 0 Å². The summed E-state index contributed by atoms with van der Waals surface area (Å²) in [4.78, 5) is 12.9. The van der Waals surface area contributed by atoms with Gasteiger partial charge < -0.3 is 0 Å². The van der Waals surface area contributed by atoms with Crippen LogP contribution in [0.25, 0.3) is 0 Å². The van der Waals surface area contributed by atoms with Crippen molar-refractivity contribution >= 4 is 17.4 Å². The van der Waals surface area contributed by atoms with E-state index in [1.807, 2.05) is 52.8 Å². The van der Waals surface area contributed by atoms with Crippen LogP contribution in [-0.2, 0) is 0 Å². The molecule has 0 unspecified atom stereocenters. The van der Waals surface area contributed by atoms with Crippen LogP contribution in [0.15, 0.2) is 24.3 Å². The number of ketones is 1. The quantitative estimate of drug-likeness (QED) is 0.701. The largest absolute Gasteiger partial charge is 0.289 e. The Bertz CT molecular complexity index is 673. The Kier molecular flexibility index (Phi) is 4.01. The second kappa shape index (κ2) is 5.41. The molecule has 0 radical (unpaired) electrons. The molecule has 2 heteroatoms. The van der Waals surface area contributed by atoms with Gasteiger partial charge in [0.15, 0.2) is 5.78 Å². The first-order valence-corrected chi connectivity index (χ1v) is 7.09. The topological polar surface area (TPSA) is 17.1 Å². The van der Waals surface area contributed by atoms with E-state index in [9.17, 15) is 4.79 Å². The molecule has 0 atom stereocenters. The maximum atomic E-state index is 12.9. The van der Waals surface area contributed by atoms with Crippen LogP contribution in [0.3, 0.4) is 0 Å². The molecule has 0 aliphatic rings. The Morgan fingerprint density at radius 1 is 0.900 bits per heavy atom. The number of halogens is 1. The summed E-state index contributed by atoms with van der Waals surface area (Å²) in [5.74, 6) is 0.0619. The van der Waals surface area contributed by atoms with Crippen molar-refractivity contribution in [2.75, 3.05) is 0 Å². The summed E-state index contributed by atoms with van der Waals surface area (Å²) in [5.41, 5.74) is 6.75. The Hall–Kier alpha value is -1.60. The van der Waals surface area contributed by atoms with E-state index in [-0.39, 0.29) is 5.78 Å². The lowest BCUT2D eigenvalue weighted by atomic mass is 9.88. The summed E-state index contributed by atoms with van der Waals surface area (Å²) >= 11 is 6.14. The van der Waals surface area contributed by atoms with E-state index in [0.717, 1.165) is 33.4 Å². The fraction of sp³-hybridized carbons (Fsp3) is 0.278. The van der Waals surface area contributed by atoms with Gasteiger partial charge in [-0.2, -0.15) is 0 Å². The number of rotatable bonds is 2. The first-order valence-electron chi connectivity index (χ1n) is 6.71. The van der Waals surface area contributed by atoms with Crippen molar-refractivity contribution in [3.8, 4) is 0 Å². The lowest BCUT2D eigenvalue weighted by molar-refractivity contribution is 0.103. The SMILES string of the molecule is Cc1cc(C)c(C)c(C(=O)c2cccc(Cl)c2C)c1C. The van der Waals surface area contributed by atoms with Gasteiger partial charge in [0, 0.05) is 16.1 Å². The molecule has 20 heavy (non-hydrogen) atoms. The maximum absolute atomic E-state index is 12.9. The average Bonchev–Trinajstić information content (AvgIpc) is 2.40. The van der Waals surface area contributed by atoms with Gasteiger partial charge in [-0.1, -0.05) is 29.8 Å². The van der Waals surface area contributed by atoms with Gasteiger partial charge in [-0.3, -0.25) is 4.79 Å². The zero-order valence-corrected chi connectivity index (χ0v) is 13.4. The third kappa shape index (κ3) is 2.38. The molecule has 0 aromatic heterocycles. The standard InChI is InChI=1S/C18H19ClO/c1-10-9-11(2)13(4)17(12(10)3)18(20)15-7-6-8-16(19)14(15)5/h6-9H,1-5H3. The summed E-state index contributed by atoms with van der Waals surface area (Å²) < 4.78 is 0. The van der Waals surface area contributed by atoms with Crippen LogP contribution >= 0.6 is 11.6 Å². The minimum atomic E-state index is 0.0619. The van der Waals surface area contributed by atoms with E-state index in [1.165, 1.54) is 0 Å². The highest BCUT2D eigenvalue weighted by Crippen LogP contribution is 2.27. The third-order valence-electron chi connectivity index (χ3n) is 4.11. The fourth-order valence-corrected chi connectivity index (χ4v) is 2.72. The lowest BCUT2D eigenvalue weighted by Crippen LogP contribution is -2.10. The first kappa shape index (κ1) is 14.8. The Morgan fingerprint density at radius 2 is 1.45 bits per heavy atom. The van der Waals surface area contributed by atoms with Crippen LogP contribution in [0.4, 0.5) is 0 Å². The van der Waals surface area contributed by atoms with Crippen molar-refractivity contribution in [2.24, 2.45) is 0 Å². The van der Waals surface area contributed by atoms with Gasteiger partial charge in [0.05, 0.1) is 0 Å². The Labute approximate surface area is 125 Å². The molecule has 0 bridgehead atoms. The number of carbonyl (C=O) groups is 1.